The van der Waals surface area contributed by atoms with Gasteiger partial charge in [-0.05, 0) is 19.9 Å². The molecule has 0 spiro atoms. The monoisotopic (exact) mass is 265 g/mol. The van der Waals surface area contributed by atoms with E-state index in [0.717, 1.165) is 11.0 Å². The molecule has 0 N–H and O–H groups in total. The highest BCUT2D eigenvalue weighted by atomic mass is 35.5. The van der Waals surface area contributed by atoms with Gasteiger partial charge in [-0.3, -0.25) is 4.79 Å². The number of halogens is 1. The van der Waals surface area contributed by atoms with Gasteiger partial charge in [-0.2, -0.15) is 0 Å². The van der Waals surface area contributed by atoms with Gasteiger partial charge in [-0.25, -0.2) is 0 Å². The van der Waals surface area contributed by atoms with E-state index in [0.29, 0.717) is 18.0 Å². The number of fused-ring (bicyclic) bond motifs is 1. The van der Waals surface area contributed by atoms with Crippen LogP contribution in [0.1, 0.15) is 24.2 Å². The fraction of sp³-hybridized carbons (Fsp3) is 0.357. The molecular formula is C14H16ClNO2. The van der Waals surface area contributed by atoms with E-state index in [4.69, 9.17) is 16.0 Å². The van der Waals surface area contributed by atoms with Gasteiger partial charge in [0, 0.05) is 23.9 Å². The van der Waals surface area contributed by atoms with Crippen LogP contribution in [0.5, 0.6) is 0 Å². The Morgan fingerprint density at radius 2 is 2.11 bits per heavy atom. The molecule has 18 heavy (non-hydrogen) atoms. The number of hydrogen-bond donors (Lipinski definition) is 0. The zero-order valence-electron chi connectivity index (χ0n) is 10.5. The number of para-hydroxylation sites is 1. The molecule has 1 aromatic carbocycles. The summed E-state index contributed by atoms with van der Waals surface area (Å²) in [6, 6.07) is 7.65. The van der Waals surface area contributed by atoms with Gasteiger partial charge in [0.25, 0.3) is 5.91 Å². The molecule has 0 fully saturated rings. The van der Waals surface area contributed by atoms with E-state index >= 15 is 0 Å². The highest BCUT2D eigenvalue weighted by molar-refractivity contribution is 6.18. The second kappa shape index (κ2) is 5.44. The van der Waals surface area contributed by atoms with Crippen molar-refractivity contribution in [3.8, 4) is 0 Å². The average molecular weight is 266 g/mol. The van der Waals surface area contributed by atoms with Crippen LogP contribution in [0.25, 0.3) is 11.0 Å². The van der Waals surface area contributed by atoms with Crippen LogP contribution in [-0.2, 0) is 0 Å². The molecule has 2 aromatic rings. The minimum absolute atomic E-state index is 0.0319. The zero-order valence-corrected chi connectivity index (χ0v) is 11.3. The van der Waals surface area contributed by atoms with Gasteiger partial charge in [-0.15, -0.1) is 11.6 Å². The molecule has 0 saturated heterocycles. The molecule has 4 heteroatoms. The molecule has 0 unspecified atom stereocenters. The molecule has 0 saturated carbocycles. The van der Waals surface area contributed by atoms with Crippen LogP contribution >= 0.6 is 11.6 Å². The van der Waals surface area contributed by atoms with E-state index in [1.54, 1.807) is 4.90 Å². The van der Waals surface area contributed by atoms with Crippen LogP contribution < -0.4 is 0 Å². The maximum atomic E-state index is 12.5. The van der Waals surface area contributed by atoms with Crippen molar-refractivity contribution in [3.63, 3.8) is 0 Å². The maximum absolute atomic E-state index is 12.5. The fourth-order valence-electron chi connectivity index (χ4n) is 1.98. The number of carbonyl (C=O) groups is 1. The minimum Gasteiger partial charge on any atom is -0.463 e. The van der Waals surface area contributed by atoms with Gasteiger partial charge in [0.15, 0.2) is 0 Å². The second-order valence-electron chi connectivity index (χ2n) is 4.43. The Balaban J connectivity index is 2.38. The first-order valence-electron chi connectivity index (χ1n) is 5.98. The molecule has 2 rings (SSSR count). The van der Waals surface area contributed by atoms with Crippen LogP contribution in [-0.4, -0.2) is 29.3 Å². The molecule has 3 nitrogen and oxygen atoms in total. The lowest BCUT2D eigenvalue weighted by molar-refractivity contribution is 0.0719. The van der Waals surface area contributed by atoms with Crippen molar-refractivity contribution < 1.29 is 9.21 Å². The predicted molar refractivity (Wildman–Crippen MR) is 73.1 cm³/mol. The first kappa shape index (κ1) is 13.0. The highest BCUT2D eigenvalue weighted by Crippen LogP contribution is 2.22. The van der Waals surface area contributed by atoms with Crippen LogP contribution in [0.3, 0.4) is 0 Å². The van der Waals surface area contributed by atoms with Gasteiger partial charge < -0.3 is 9.32 Å². The average Bonchev–Trinajstić information content (AvgIpc) is 2.78. The SMILES string of the molecule is CC(C)N(CCCl)C(=O)c1coc2ccccc12. The lowest BCUT2D eigenvalue weighted by atomic mass is 10.1. The van der Waals surface area contributed by atoms with Crippen molar-refractivity contribution in [1.82, 2.24) is 4.90 Å². The number of nitrogens with zero attached hydrogens (tertiary/aromatic N) is 1. The number of benzene rings is 1. The maximum Gasteiger partial charge on any atom is 0.258 e. The first-order chi connectivity index (χ1) is 8.65. The summed E-state index contributed by atoms with van der Waals surface area (Å²) in [5.41, 5.74) is 1.33. The third kappa shape index (κ3) is 2.36. The number of amides is 1. The number of alkyl halides is 1. The summed E-state index contributed by atoms with van der Waals surface area (Å²) >= 11 is 5.75. The number of furan rings is 1. The van der Waals surface area contributed by atoms with Crippen LogP contribution in [0, 0.1) is 0 Å². The lowest BCUT2D eigenvalue weighted by Crippen LogP contribution is -2.38. The number of hydrogen-bond acceptors (Lipinski definition) is 2. The summed E-state index contributed by atoms with van der Waals surface area (Å²) < 4.78 is 5.40. The smallest absolute Gasteiger partial charge is 0.258 e. The molecule has 0 atom stereocenters. The third-order valence-electron chi connectivity index (χ3n) is 2.92. The quantitative estimate of drug-likeness (QED) is 0.793. The summed E-state index contributed by atoms with van der Waals surface area (Å²) in [5, 5.41) is 0.850. The van der Waals surface area contributed by atoms with E-state index in [2.05, 4.69) is 0 Å². The molecule has 0 aliphatic heterocycles. The zero-order chi connectivity index (χ0) is 13.1. The lowest BCUT2D eigenvalue weighted by Gasteiger charge is -2.25. The largest absolute Gasteiger partial charge is 0.463 e. The van der Waals surface area contributed by atoms with Crippen molar-refractivity contribution in [3.05, 3.63) is 36.1 Å². The van der Waals surface area contributed by atoms with Crippen molar-refractivity contribution in [2.24, 2.45) is 0 Å². The van der Waals surface area contributed by atoms with E-state index in [-0.39, 0.29) is 11.9 Å². The molecule has 0 aliphatic rings. The van der Waals surface area contributed by atoms with Crippen LogP contribution in [0.4, 0.5) is 0 Å². The number of carbonyl (C=O) groups excluding carboxylic acids is 1. The molecule has 0 radical (unpaired) electrons. The summed E-state index contributed by atoms with van der Waals surface area (Å²) in [5.74, 6) is 0.398. The van der Waals surface area contributed by atoms with Gasteiger partial charge in [-0.1, -0.05) is 18.2 Å². The summed E-state index contributed by atoms with van der Waals surface area (Å²) in [7, 11) is 0. The Labute approximate surface area is 111 Å². The predicted octanol–water partition coefficient (Wildman–Crippen LogP) is 3.52. The fourth-order valence-corrected chi connectivity index (χ4v) is 2.17. The standard InChI is InChI=1S/C14H16ClNO2/c1-10(2)16(8-7-15)14(17)12-9-18-13-6-4-3-5-11(12)13/h3-6,9-10H,7-8H2,1-2H3. The Morgan fingerprint density at radius 3 is 2.78 bits per heavy atom. The summed E-state index contributed by atoms with van der Waals surface area (Å²) in [6.07, 6.45) is 1.52. The first-order valence-corrected chi connectivity index (χ1v) is 6.51. The third-order valence-corrected chi connectivity index (χ3v) is 3.09. The molecule has 96 valence electrons. The van der Waals surface area contributed by atoms with E-state index in [1.807, 2.05) is 38.1 Å². The molecule has 1 aromatic heterocycles. The van der Waals surface area contributed by atoms with E-state index in [1.165, 1.54) is 6.26 Å². The van der Waals surface area contributed by atoms with E-state index in [9.17, 15) is 4.79 Å². The Bertz CT molecular complexity index is 547. The van der Waals surface area contributed by atoms with Gasteiger partial charge in [0.2, 0.25) is 0 Å². The van der Waals surface area contributed by atoms with Crippen molar-refractivity contribution in [2.45, 2.75) is 19.9 Å². The Hall–Kier alpha value is -1.48. The summed E-state index contributed by atoms with van der Waals surface area (Å²) in [4.78, 5) is 14.2. The second-order valence-corrected chi connectivity index (χ2v) is 4.80. The van der Waals surface area contributed by atoms with Crippen molar-refractivity contribution in [2.75, 3.05) is 12.4 Å². The van der Waals surface area contributed by atoms with Gasteiger partial charge in [0.05, 0.1) is 5.56 Å². The van der Waals surface area contributed by atoms with E-state index < -0.39 is 0 Å². The molecule has 1 amide bonds. The molecule has 0 aliphatic carbocycles. The van der Waals surface area contributed by atoms with Gasteiger partial charge >= 0.3 is 0 Å². The van der Waals surface area contributed by atoms with Crippen molar-refractivity contribution >= 4 is 28.5 Å². The minimum atomic E-state index is -0.0319. The number of rotatable bonds is 4. The normalized spacial score (nSPS) is 11.1. The topological polar surface area (TPSA) is 33.5 Å². The highest BCUT2D eigenvalue weighted by Gasteiger charge is 2.21. The van der Waals surface area contributed by atoms with Gasteiger partial charge in [0.1, 0.15) is 11.8 Å². The molecule has 0 bridgehead atoms. The van der Waals surface area contributed by atoms with Crippen LogP contribution in [0.15, 0.2) is 34.9 Å². The molecule has 1 heterocycles. The Kier molecular flexibility index (Phi) is 3.92. The van der Waals surface area contributed by atoms with Crippen molar-refractivity contribution in [1.29, 1.82) is 0 Å². The molecular weight excluding hydrogens is 250 g/mol. The summed E-state index contributed by atoms with van der Waals surface area (Å²) in [6.45, 7) is 4.50. The van der Waals surface area contributed by atoms with Crippen LogP contribution in [0.2, 0.25) is 0 Å². The Morgan fingerprint density at radius 1 is 1.39 bits per heavy atom.